The quantitative estimate of drug-likeness (QED) is 0.200. The van der Waals surface area contributed by atoms with Crippen molar-refractivity contribution in [2.45, 2.75) is 16.2 Å². The molecule has 13 heteroatoms. The molecule has 1 aromatic heterocycles. The number of ether oxygens (including phenoxy) is 2. The fraction of sp³-hybridized carbons (Fsp3) is 0.172. The number of imide groups is 1. The van der Waals surface area contributed by atoms with Gasteiger partial charge in [-0.15, -0.1) is 0 Å². The van der Waals surface area contributed by atoms with Gasteiger partial charge in [-0.25, -0.2) is 4.90 Å². The maximum Gasteiger partial charge on any atom is 0.305 e. The molecule has 4 aromatic rings. The normalized spacial score (nSPS) is 19.3. The molecule has 0 bridgehead atoms. The first kappa shape index (κ1) is 27.9. The van der Waals surface area contributed by atoms with E-state index >= 15 is 0 Å². The molecule has 3 N–H and O–H groups in total. The lowest BCUT2D eigenvalue weighted by Crippen LogP contribution is -2.32. The maximum atomic E-state index is 13.9. The monoisotopic (exact) mass is 623 g/mol. The van der Waals surface area contributed by atoms with Crippen molar-refractivity contribution in [1.29, 1.82) is 0 Å². The van der Waals surface area contributed by atoms with Crippen LogP contribution in [0.15, 0.2) is 76.6 Å². The first-order valence-electron chi connectivity index (χ1n) is 12.7. The summed E-state index contributed by atoms with van der Waals surface area (Å²) in [5.41, 5.74) is 1.57. The largest absolute Gasteiger partial charge is 0.508 e. The number of halogens is 1. The number of amides is 3. The molecular weight excluding hydrogens is 602 g/mol. The van der Waals surface area contributed by atoms with Crippen LogP contribution in [0.2, 0.25) is 5.02 Å². The number of carbonyl (C=O) groups excluding carboxylic acids is 3. The van der Waals surface area contributed by atoms with E-state index in [4.69, 9.17) is 21.1 Å². The molecule has 3 atom stereocenters. The van der Waals surface area contributed by atoms with Crippen LogP contribution >= 0.6 is 34.7 Å². The van der Waals surface area contributed by atoms with Gasteiger partial charge in [0.2, 0.25) is 11.8 Å². The Hall–Kier alpha value is -4.26. The predicted molar refractivity (Wildman–Crippen MR) is 159 cm³/mol. The molecule has 3 heterocycles. The summed E-state index contributed by atoms with van der Waals surface area (Å²) >= 11 is 8.22. The number of anilines is 2. The second-order valence-electron chi connectivity index (χ2n) is 9.53. The van der Waals surface area contributed by atoms with Crippen LogP contribution < -0.4 is 24.6 Å². The van der Waals surface area contributed by atoms with Crippen molar-refractivity contribution < 1.29 is 29.0 Å². The number of carbonyl (C=O) groups is 3. The second kappa shape index (κ2) is 11.2. The van der Waals surface area contributed by atoms with E-state index in [1.54, 1.807) is 54.6 Å². The molecular formula is C29H22ClN3O7S2. The predicted octanol–water partition coefficient (Wildman–Crippen LogP) is 4.62. The Morgan fingerprint density at radius 3 is 2.48 bits per heavy atom. The molecule has 0 unspecified atom stereocenters. The molecule has 3 amide bonds. The number of aromatic hydroxyl groups is 1. The highest BCUT2D eigenvalue weighted by atomic mass is 35.5. The fourth-order valence-electron chi connectivity index (χ4n) is 5.10. The average molecular weight is 624 g/mol. The average Bonchev–Trinajstić information content (AvgIpc) is 3.47. The summed E-state index contributed by atoms with van der Waals surface area (Å²) in [6, 6.07) is 17.6. The molecule has 42 heavy (non-hydrogen) atoms. The minimum absolute atomic E-state index is 0.0809. The smallest absolute Gasteiger partial charge is 0.305 e. The van der Waals surface area contributed by atoms with E-state index in [9.17, 15) is 24.3 Å². The van der Waals surface area contributed by atoms with E-state index in [0.717, 1.165) is 11.3 Å². The molecule has 2 aliphatic heterocycles. The lowest BCUT2D eigenvalue weighted by Gasteiger charge is -2.30. The Morgan fingerprint density at radius 1 is 1.02 bits per heavy atom. The number of aromatic amines is 1. The van der Waals surface area contributed by atoms with Gasteiger partial charge in [0, 0.05) is 21.5 Å². The maximum absolute atomic E-state index is 13.9. The molecule has 6 rings (SSSR count). The highest BCUT2D eigenvalue weighted by molar-refractivity contribution is 8.00. The number of methoxy groups -OCH3 is 1. The number of nitrogens with one attached hydrogen (secondary N) is 2. The van der Waals surface area contributed by atoms with Gasteiger partial charge in [0.05, 0.1) is 23.7 Å². The van der Waals surface area contributed by atoms with Crippen molar-refractivity contribution >= 4 is 63.8 Å². The Kier molecular flexibility index (Phi) is 7.43. The van der Waals surface area contributed by atoms with E-state index in [-0.39, 0.29) is 29.0 Å². The Balaban J connectivity index is 1.29. The zero-order chi connectivity index (χ0) is 29.5. The van der Waals surface area contributed by atoms with Crippen molar-refractivity contribution in [3.63, 3.8) is 0 Å². The van der Waals surface area contributed by atoms with Gasteiger partial charge in [0.1, 0.15) is 11.0 Å². The number of phenolic OH excluding ortho intramolecular Hbond substituents is 1. The molecule has 1 saturated heterocycles. The van der Waals surface area contributed by atoms with E-state index in [0.29, 0.717) is 43.4 Å². The standard InChI is InChI=1S/C29H22ClN3O7S2/c1-39-20-12-14(2-11-19(20)40-13-21(35)31-16-5-9-18(34)10-6-16)22-23-25(41-26-24(22)42-29(38)32-26)28(37)33(27(23)36)17-7-3-15(30)4-8-17/h2-12,22-23,25,34H,13H2,1H3,(H,31,35)(H,32,38)/t22-,23-,25+/m0/s1. The van der Waals surface area contributed by atoms with E-state index in [1.807, 2.05) is 0 Å². The van der Waals surface area contributed by atoms with Crippen LogP contribution in [0.25, 0.3) is 0 Å². The third kappa shape index (κ3) is 5.13. The number of nitrogens with zero attached hydrogens (tertiary/aromatic N) is 1. The second-order valence-corrected chi connectivity index (χ2v) is 12.1. The molecule has 0 aliphatic carbocycles. The molecule has 0 radical (unpaired) electrons. The first-order chi connectivity index (χ1) is 20.2. The zero-order valence-electron chi connectivity index (χ0n) is 21.8. The van der Waals surface area contributed by atoms with Crippen LogP contribution in [0.5, 0.6) is 17.2 Å². The molecule has 3 aromatic carbocycles. The number of phenols is 1. The van der Waals surface area contributed by atoms with Crippen LogP contribution in [-0.2, 0) is 14.4 Å². The van der Waals surface area contributed by atoms with Gasteiger partial charge < -0.3 is 24.9 Å². The SMILES string of the molecule is COc1cc([C@@H]2c3sc(=O)[nH]c3S[C@H]3C(=O)N(c4ccc(Cl)cc4)C(=O)[C@@H]23)ccc1OCC(=O)Nc1ccc(O)cc1. The summed E-state index contributed by atoms with van der Waals surface area (Å²) in [7, 11) is 1.45. The van der Waals surface area contributed by atoms with Crippen molar-refractivity contribution in [2.24, 2.45) is 5.92 Å². The van der Waals surface area contributed by atoms with Crippen LogP contribution in [-0.4, -0.2) is 46.8 Å². The molecule has 0 saturated carbocycles. The lowest BCUT2D eigenvalue weighted by atomic mass is 9.83. The topological polar surface area (TPSA) is 138 Å². The molecule has 10 nitrogen and oxygen atoms in total. The summed E-state index contributed by atoms with van der Waals surface area (Å²) in [5, 5.41) is 12.4. The number of H-pyrrole nitrogens is 1. The zero-order valence-corrected chi connectivity index (χ0v) is 24.2. The number of hydrogen-bond donors (Lipinski definition) is 3. The van der Waals surface area contributed by atoms with Crippen LogP contribution in [0.1, 0.15) is 16.4 Å². The van der Waals surface area contributed by atoms with Gasteiger partial charge in [-0.2, -0.15) is 0 Å². The van der Waals surface area contributed by atoms with Crippen LogP contribution in [0.3, 0.4) is 0 Å². The van der Waals surface area contributed by atoms with Gasteiger partial charge in [0.25, 0.3) is 5.91 Å². The van der Waals surface area contributed by atoms with Gasteiger partial charge >= 0.3 is 4.87 Å². The van der Waals surface area contributed by atoms with Crippen LogP contribution in [0, 0.1) is 5.92 Å². The van der Waals surface area contributed by atoms with E-state index in [1.165, 1.54) is 35.9 Å². The van der Waals surface area contributed by atoms with E-state index in [2.05, 4.69) is 10.3 Å². The van der Waals surface area contributed by atoms with Crippen molar-refractivity contribution in [1.82, 2.24) is 4.98 Å². The minimum atomic E-state index is -0.773. The number of thioether (sulfide) groups is 1. The summed E-state index contributed by atoms with van der Waals surface area (Å²) in [4.78, 5) is 56.6. The number of fused-ring (bicyclic) bond motifs is 2. The summed E-state index contributed by atoms with van der Waals surface area (Å²) in [5.74, 6) is -1.85. The first-order valence-corrected chi connectivity index (χ1v) is 14.7. The highest BCUT2D eigenvalue weighted by Crippen LogP contribution is 2.53. The molecule has 0 spiro atoms. The number of rotatable bonds is 7. The van der Waals surface area contributed by atoms with Crippen molar-refractivity contribution in [3.05, 3.63) is 91.9 Å². The number of benzene rings is 3. The van der Waals surface area contributed by atoms with Crippen molar-refractivity contribution in [2.75, 3.05) is 23.9 Å². The Labute approximate surface area is 252 Å². The minimum Gasteiger partial charge on any atom is -0.508 e. The van der Waals surface area contributed by atoms with Crippen LogP contribution in [0.4, 0.5) is 11.4 Å². The number of hydrogen-bond acceptors (Lipinski definition) is 9. The highest BCUT2D eigenvalue weighted by Gasteiger charge is 2.56. The number of thiazole rings is 1. The Morgan fingerprint density at radius 2 is 1.76 bits per heavy atom. The van der Waals surface area contributed by atoms with Gasteiger partial charge in [-0.05, 0) is 66.2 Å². The lowest BCUT2D eigenvalue weighted by molar-refractivity contribution is -0.122. The Bertz CT molecular complexity index is 1750. The van der Waals surface area contributed by atoms with Gasteiger partial charge in [-0.1, -0.05) is 40.8 Å². The third-order valence-corrected chi connectivity index (χ3v) is 9.62. The summed E-state index contributed by atoms with van der Waals surface area (Å²) < 4.78 is 11.3. The molecule has 2 aliphatic rings. The summed E-state index contributed by atoms with van der Waals surface area (Å²) in [6.07, 6.45) is 0. The van der Waals surface area contributed by atoms with Crippen molar-refractivity contribution in [3.8, 4) is 17.2 Å². The number of aromatic nitrogens is 1. The fourth-order valence-corrected chi connectivity index (χ4v) is 7.74. The van der Waals surface area contributed by atoms with Gasteiger partial charge in [-0.3, -0.25) is 19.2 Å². The van der Waals surface area contributed by atoms with E-state index < -0.39 is 23.0 Å². The summed E-state index contributed by atoms with van der Waals surface area (Å²) in [6.45, 7) is -0.312. The third-order valence-electron chi connectivity index (χ3n) is 6.97. The van der Waals surface area contributed by atoms with Gasteiger partial charge in [0.15, 0.2) is 18.1 Å². The molecule has 214 valence electrons. The molecule has 1 fully saturated rings.